The van der Waals surface area contributed by atoms with E-state index >= 15 is 0 Å². The van der Waals surface area contributed by atoms with Crippen molar-refractivity contribution in [3.8, 4) is 0 Å². The zero-order valence-corrected chi connectivity index (χ0v) is 19.2. The average molecular weight is 460 g/mol. The van der Waals surface area contributed by atoms with Gasteiger partial charge in [-0.3, -0.25) is 14.4 Å². The van der Waals surface area contributed by atoms with Gasteiger partial charge in [0.15, 0.2) is 5.60 Å². The molecule has 3 rings (SSSR count). The summed E-state index contributed by atoms with van der Waals surface area (Å²) in [4.78, 5) is 40.5. The van der Waals surface area contributed by atoms with Crippen molar-refractivity contribution in [2.75, 3.05) is 49.7 Å². The van der Waals surface area contributed by atoms with E-state index in [4.69, 9.17) is 5.11 Å². The van der Waals surface area contributed by atoms with E-state index in [0.29, 0.717) is 55.8 Å². The minimum Gasteiger partial charge on any atom is -0.469 e. The number of anilines is 2. The molecule has 1 aromatic rings. The van der Waals surface area contributed by atoms with Crippen LogP contribution in [0.15, 0.2) is 30.4 Å². The Morgan fingerprint density at radius 1 is 1.33 bits per heavy atom. The summed E-state index contributed by atoms with van der Waals surface area (Å²) < 4.78 is 4.67. The van der Waals surface area contributed by atoms with Gasteiger partial charge in [0.05, 0.1) is 19.3 Å². The average Bonchev–Trinajstić information content (AvgIpc) is 3.04. The predicted octanol–water partition coefficient (Wildman–Crippen LogP) is 1.07. The summed E-state index contributed by atoms with van der Waals surface area (Å²) in [6, 6.07) is 5.32. The molecule has 2 heterocycles. The van der Waals surface area contributed by atoms with Gasteiger partial charge >= 0.3 is 5.97 Å². The second-order valence-electron chi connectivity index (χ2n) is 8.41. The molecule has 0 aromatic heterocycles. The molecule has 0 saturated carbocycles. The van der Waals surface area contributed by atoms with Crippen LogP contribution in [0.25, 0.3) is 0 Å². The molecule has 2 atom stereocenters. The number of aliphatic hydroxyl groups is 2. The van der Waals surface area contributed by atoms with Gasteiger partial charge in [-0.05, 0) is 37.5 Å². The van der Waals surface area contributed by atoms with Crippen LogP contribution in [-0.2, 0) is 24.7 Å². The van der Waals surface area contributed by atoms with Crippen molar-refractivity contribution in [2.24, 2.45) is 5.92 Å². The van der Waals surface area contributed by atoms with Gasteiger partial charge in [0.1, 0.15) is 0 Å². The largest absolute Gasteiger partial charge is 0.469 e. The maximum atomic E-state index is 13.5. The molecule has 0 radical (unpaired) electrons. The number of nitrogens with zero attached hydrogens (tertiary/aromatic N) is 2. The van der Waals surface area contributed by atoms with Crippen molar-refractivity contribution in [1.82, 2.24) is 5.32 Å². The number of methoxy groups -OCH3 is 1. The first-order chi connectivity index (χ1) is 15.8. The lowest BCUT2D eigenvalue weighted by atomic mass is 9.82. The molecule has 0 spiro atoms. The highest BCUT2D eigenvalue weighted by Crippen LogP contribution is 2.46. The fourth-order valence-corrected chi connectivity index (χ4v) is 4.36. The number of fused-ring (bicyclic) bond motifs is 1. The Morgan fingerprint density at radius 3 is 2.82 bits per heavy atom. The van der Waals surface area contributed by atoms with E-state index in [1.165, 1.54) is 7.11 Å². The lowest BCUT2D eigenvalue weighted by Gasteiger charge is -2.30. The maximum absolute atomic E-state index is 13.5. The Hall–Kier alpha value is -2.75. The van der Waals surface area contributed by atoms with Crippen molar-refractivity contribution >= 4 is 29.2 Å². The van der Waals surface area contributed by atoms with E-state index in [1.54, 1.807) is 47.1 Å². The van der Waals surface area contributed by atoms with E-state index in [0.717, 1.165) is 0 Å². The molecule has 1 aromatic carbocycles. The Kier molecular flexibility index (Phi) is 8.23. The van der Waals surface area contributed by atoms with Crippen molar-refractivity contribution in [1.29, 1.82) is 0 Å². The van der Waals surface area contributed by atoms with E-state index in [-0.39, 0.29) is 31.4 Å². The van der Waals surface area contributed by atoms with Crippen LogP contribution in [0.2, 0.25) is 0 Å². The number of amides is 2. The van der Waals surface area contributed by atoms with Crippen molar-refractivity contribution in [3.05, 3.63) is 35.9 Å². The maximum Gasteiger partial charge on any atom is 0.305 e. The van der Waals surface area contributed by atoms with Crippen molar-refractivity contribution < 1.29 is 29.3 Å². The fraction of sp³-hybridized carbons (Fsp3) is 0.542. The van der Waals surface area contributed by atoms with E-state index in [9.17, 15) is 19.5 Å². The number of ether oxygens (including phenoxy) is 1. The molecule has 3 N–H and O–H groups in total. The molecule has 9 nitrogen and oxygen atoms in total. The Balaban J connectivity index is 1.92. The van der Waals surface area contributed by atoms with Crippen molar-refractivity contribution in [2.45, 2.75) is 38.2 Å². The highest BCUT2D eigenvalue weighted by Gasteiger charge is 2.52. The SMILES string of the molecule is COC(=O)CCCCN1C(=O)[C@@](O)([C@@H](C)/C=C/CCO)c2cc(N3CCNCC3=O)ccc21. The molecule has 0 unspecified atom stereocenters. The molecule has 9 heteroatoms. The molecule has 0 aliphatic carbocycles. The molecular formula is C24H33N3O6. The molecule has 33 heavy (non-hydrogen) atoms. The lowest BCUT2D eigenvalue weighted by Crippen LogP contribution is -2.48. The van der Waals surface area contributed by atoms with Gasteiger partial charge in [0.2, 0.25) is 5.91 Å². The van der Waals surface area contributed by atoms with Gasteiger partial charge in [-0.15, -0.1) is 0 Å². The number of esters is 1. The third-order valence-electron chi connectivity index (χ3n) is 6.27. The summed E-state index contributed by atoms with van der Waals surface area (Å²) >= 11 is 0. The third-order valence-corrected chi connectivity index (χ3v) is 6.27. The first-order valence-corrected chi connectivity index (χ1v) is 11.4. The number of hydrogen-bond acceptors (Lipinski definition) is 7. The van der Waals surface area contributed by atoms with Crippen LogP contribution in [0.1, 0.15) is 38.2 Å². The van der Waals surface area contributed by atoms with E-state index in [2.05, 4.69) is 10.1 Å². The number of aliphatic hydroxyl groups excluding tert-OH is 1. The summed E-state index contributed by atoms with van der Waals surface area (Å²) in [6.45, 7) is 3.51. The summed E-state index contributed by atoms with van der Waals surface area (Å²) in [5.41, 5.74) is -0.0817. The summed E-state index contributed by atoms with van der Waals surface area (Å²) in [5.74, 6) is -1.35. The molecule has 1 saturated heterocycles. The van der Waals surface area contributed by atoms with Gasteiger partial charge in [0.25, 0.3) is 5.91 Å². The van der Waals surface area contributed by atoms with Gasteiger partial charge in [-0.2, -0.15) is 0 Å². The minimum absolute atomic E-state index is 0.0201. The number of nitrogens with one attached hydrogen (secondary N) is 1. The summed E-state index contributed by atoms with van der Waals surface area (Å²) in [6.07, 6.45) is 5.31. The second kappa shape index (κ2) is 10.9. The van der Waals surface area contributed by atoms with E-state index in [1.807, 2.05) is 0 Å². The molecule has 2 amide bonds. The molecule has 2 aliphatic heterocycles. The van der Waals surface area contributed by atoms with Gasteiger partial charge in [-0.1, -0.05) is 19.1 Å². The van der Waals surface area contributed by atoms with E-state index < -0.39 is 17.4 Å². The number of carbonyl (C=O) groups excluding carboxylic acids is 3. The van der Waals surface area contributed by atoms with Crippen LogP contribution in [0, 0.1) is 5.92 Å². The molecular weight excluding hydrogens is 426 g/mol. The highest BCUT2D eigenvalue weighted by atomic mass is 16.5. The van der Waals surface area contributed by atoms with Gasteiger partial charge < -0.3 is 30.1 Å². The summed E-state index contributed by atoms with van der Waals surface area (Å²) in [7, 11) is 1.34. The number of rotatable bonds is 10. The topological polar surface area (TPSA) is 119 Å². The Bertz CT molecular complexity index is 917. The normalized spacial score (nSPS) is 21.6. The van der Waals surface area contributed by atoms with Crippen LogP contribution in [-0.4, -0.2) is 67.9 Å². The molecule has 180 valence electrons. The number of carbonyl (C=O) groups is 3. The highest BCUT2D eigenvalue weighted by molar-refractivity contribution is 6.08. The number of benzene rings is 1. The Labute approximate surface area is 194 Å². The zero-order chi connectivity index (χ0) is 24.0. The lowest BCUT2D eigenvalue weighted by molar-refractivity contribution is -0.140. The Morgan fingerprint density at radius 2 is 2.12 bits per heavy atom. The second-order valence-corrected chi connectivity index (χ2v) is 8.41. The number of hydrogen-bond donors (Lipinski definition) is 3. The predicted molar refractivity (Wildman–Crippen MR) is 124 cm³/mol. The standard InChI is InChI=1S/C24H33N3O6/c1-17(7-4-6-14-28)24(32)19-15-18(26-13-11-25-16-21(26)29)9-10-20(19)27(23(24)31)12-5-3-8-22(30)33-2/h4,7,9-10,15,17,25,28,32H,3,5-6,8,11-14,16H2,1-2H3/b7-4+/t17-,24+/m0/s1. The number of unbranched alkanes of at least 4 members (excludes halogenated alkanes) is 1. The van der Waals surface area contributed by atoms with Crippen LogP contribution < -0.4 is 15.1 Å². The van der Waals surface area contributed by atoms with Crippen LogP contribution in [0.4, 0.5) is 11.4 Å². The monoisotopic (exact) mass is 459 g/mol. The molecule has 0 bridgehead atoms. The van der Waals surface area contributed by atoms with Gasteiger partial charge in [0, 0.05) is 49.8 Å². The van der Waals surface area contributed by atoms with Crippen molar-refractivity contribution in [3.63, 3.8) is 0 Å². The third kappa shape index (κ3) is 5.10. The van der Waals surface area contributed by atoms with Gasteiger partial charge in [-0.25, -0.2) is 0 Å². The fourth-order valence-electron chi connectivity index (χ4n) is 4.36. The van der Waals surface area contributed by atoms with Crippen LogP contribution in [0.5, 0.6) is 0 Å². The molecule has 2 aliphatic rings. The smallest absolute Gasteiger partial charge is 0.305 e. The minimum atomic E-state index is -1.79. The quantitative estimate of drug-likeness (QED) is 0.272. The molecule has 1 fully saturated rings. The van der Waals surface area contributed by atoms with Crippen LogP contribution >= 0.6 is 0 Å². The van der Waals surface area contributed by atoms with Crippen LogP contribution in [0.3, 0.4) is 0 Å². The summed E-state index contributed by atoms with van der Waals surface area (Å²) in [5, 5.41) is 23.8. The first kappa shape index (κ1) is 24.9. The number of piperazine rings is 1. The first-order valence-electron chi connectivity index (χ1n) is 11.4. The zero-order valence-electron chi connectivity index (χ0n) is 19.2.